The van der Waals surface area contributed by atoms with Crippen molar-refractivity contribution in [3.05, 3.63) is 95.9 Å². The van der Waals surface area contributed by atoms with Gasteiger partial charge in [0.05, 0.1) is 10.6 Å². The molecule has 0 unspecified atom stereocenters. The fraction of sp³-hybridized carbons (Fsp3) is 0.125. The number of nitrogens with one attached hydrogen (secondary N) is 1. The van der Waals surface area contributed by atoms with Crippen molar-refractivity contribution >= 4 is 32.3 Å². The van der Waals surface area contributed by atoms with Crippen LogP contribution in [0.25, 0.3) is 10.9 Å². The molecule has 4 rings (SSSR count). The molecule has 158 valence electrons. The first-order valence-electron chi connectivity index (χ1n) is 9.74. The smallest absolute Gasteiger partial charge is 0.244 e. The number of hydrogen-bond donors (Lipinski definition) is 1. The van der Waals surface area contributed by atoms with Crippen molar-refractivity contribution in [2.75, 3.05) is 5.32 Å². The summed E-state index contributed by atoms with van der Waals surface area (Å²) in [7, 11) is -3.83. The summed E-state index contributed by atoms with van der Waals surface area (Å²) in [5, 5.41) is 3.32. The van der Waals surface area contributed by atoms with E-state index < -0.39 is 21.4 Å². The lowest BCUT2D eigenvalue weighted by atomic mass is 10.2. The Morgan fingerprint density at radius 1 is 0.968 bits per heavy atom. The summed E-state index contributed by atoms with van der Waals surface area (Å²) in [4.78, 5) is 12.7. The maximum atomic E-state index is 14.0. The maximum Gasteiger partial charge on any atom is 0.244 e. The molecule has 4 aromatic rings. The number of rotatable bonds is 6. The average Bonchev–Trinajstić information content (AvgIpc) is 3.11. The van der Waals surface area contributed by atoms with Crippen LogP contribution in [0.15, 0.2) is 83.9 Å². The van der Waals surface area contributed by atoms with Gasteiger partial charge in [-0.1, -0.05) is 54.1 Å². The van der Waals surface area contributed by atoms with Gasteiger partial charge in [0.25, 0.3) is 0 Å². The highest BCUT2D eigenvalue weighted by Gasteiger charge is 2.23. The van der Waals surface area contributed by atoms with Crippen LogP contribution in [0, 0.1) is 12.7 Å². The average molecular weight is 437 g/mol. The number of benzene rings is 3. The number of carbonyl (C=O) groups excluding carboxylic acids is 1. The molecule has 1 amide bonds. The van der Waals surface area contributed by atoms with Crippen molar-refractivity contribution in [3.63, 3.8) is 0 Å². The summed E-state index contributed by atoms with van der Waals surface area (Å²) >= 11 is 0. The minimum atomic E-state index is -3.83. The molecular weight excluding hydrogens is 415 g/mol. The molecule has 0 aliphatic carbocycles. The predicted molar refractivity (Wildman–Crippen MR) is 119 cm³/mol. The van der Waals surface area contributed by atoms with Crippen LogP contribution in [0.5, 0.6) is 0 Å². The van der Waals surface area contributed by atoms with Gasteiger partial charge < -0.3 is 9.88 Å². The Bertz CT molecular complexity index is 1360. The summed E-state index contributed by atoms with van der Waals surface area (Å²) in [6.07, 6.45) is 1.45. The molecule has 1 heterocycles. The second-order valence-electron chi connectivity index (χ2n) is 7.40. The van der Waals surface area contributed by atoms with E-state index in [0.29, 0.717) is 16.6 Å². The van der Waals surface area contributed by atoms with E-state index in [4.69, 9.17) is 0 Å². The van der Waals surface area contributed by atoms with Crippen molar-refractivity contribution in [1.29, 1.82) is 0 Å². The van der Waals surface area contributed by atoms with E-state index in [9.17, 15) is 17.6 Å². The van der Waals surface area contributed by atoms with Crippen LogP contribution in [-0.4, -0.2) is 18.9 Å². The standard InChI is InChI=1S/C24H21FN2O3S/c1-17-10-12-19(13-11-17)26-24(28)15-27-14-23(20-7-3-5-9-22(20)27)31(29,30)16-18-6-2-4-8-21(18)25/h2-14H,15-16H2,1H3,(H,26,28). The molecule has 0 aliphatic heterocycles. The quantitative estimate of drug-likeness (QED) is 0.476. The van der Waals surface area contributed by atoms with Crippen LogP contribution in [0.3, 0.4) is 0 Å². The fourth-order valence-electron chi connectivity index (χ4n) is 3.48. The van der Waals surface area contributed by atoms with Gasteiger partial charge in [-0.25, -0.2) is 12.8 Å². The number of aromatic nitrogens is 1. The third-order valence-electron chi connectivity index (χ3n) is 5.04. The molecule has 7 heteroatoms. The second kappa shape index (κ2) is 8.35. The molecule has 1 N–H and O–H groups in total. The second-order valence-corrected chi connectivity index (χ2v) is 9.36. The number of sulfone groups is 1. The molecule has 0 saturated carbocycles. The Balaban J connectivity index is 1.65. The number of carbonyl (C=O) groups is 1. The van der Waals surface area contributed by atoms with Gasteiger partial charge in [-0.2, -0.15) is 0 Å². The van der Waals surface area contributed by atoms with Gasteiger partial charge in [0.1, 0.15) is 12.4 Å². The lowest BCUT2D eigenvalue weighted by Gasteiger charge is -2.07. The fourth-order valence-corrected chi connectivity index (χ4v) is 5.08. The Labute approximate surface area is 180 Å². The van der Waals surface area contributed by atoms with Gasteiger partial charge in [-0.15, -0.1) is 0 Å². The Hall–Kier alpha value is -3.45. The molecular formula is C24H21FN2O3S. The lowest BCUT2D eigenvalue weighted by molar-refractivity contribution is -0.116. The third-order valence-corrected chi connectivity index (χ3v) is 6.73. The Morgan fingerprint density at radius 3 is 2.39 bits per heavy atom. The number of fused-ring (bicyclic) bond motifs is 1. The SMILES string of the molecule is Cc1ccc(NC(=O)Cn2cc(S(=O)(=O)Cc3ccccc3F)c3ccccc32)cc1. The lowest BCUT2D eigenvalue weighted by Crippen LogP contribution is -2.18. The van der Waals surface area contributed by atoms with Crippen LogP contribution < -0.4 is 5.32 Å². The van der Waals surface area contributed by atoms with Crippen LogP contribution in [0.4, 0.5) is 10.1 Å². The van der Waals surface area contributed by atoms with E-state index in [1.54, 1.807) is 34.9 Å². The van der Waals surface area contributed by atoms with Crippen molar-refractivity contribution in [3.8, 4) is 0 Å². The third kappa shape index (κ3) is 4.51. The summed E-state index contributed by atoms with van der Waals surface area (Å²) in [6, 6.07) is 20.2. The van der Waals surface area contributed by atoms with E-state index in [2.05, 4.69) is 5.32 Å². The number of para-hydroxylation sites is 1. The zero-order valence-electron chi connectivity index (χ0n) is 16.9. The first kappa shape index (κ1) is 20.8. The molecule has 0 saturated heterocycles. The largest absolute Gasteiger partial charge is 0.337 e. The first-order chi connectivity index (χ1) is 14.8. The number of halogens is 1. The predicted octanol–water partition coefficient (Wildman–Crippen LogP) is 4.70. The van der Waals surface area contributed by atoms with Crippen LogP contribution >= 0.6 is 0 Å². The number of hydrogen-bond acceptors (Lipinski definition) is 3. The molecule has 0 aliphatic rings. The van der Waals surface area contributed by atoms with Gasteiger partial charge in [-0.3, -0.25) is 4.79 Å². The molecule has 0 bridgehead atoms. The van der Waals surface area contributed by atoms with Crippen LogP contribution in [0.1, 0.15) is 11.1 Å². The summed E-state index contributed by atoms with van der Waals surface area (Å²) < 4.78 is 41.9. The van der Waals surface area contributed by atoms with Gasteiger partial charge in [-0.05, 0) is 31.2 Å². The molecule has 0 atom stereocenters. The summed E-state index contributed by atoms with van der Waals surface area (Å²) in [5.41, 5.74) is 2.48. The monoisotopic (exact) mass is 436 g/mol. The molecule has 0 fully saturated rings. The van der Waals surface area contributed by atoms with E-state index >= 15 is 0 Å². The molecule has 0 radical (unpaired) electrons. The number of aryl methyl sites for hydroxylation is 1. The Morgan fingerprint density at radius 2 is 1.65 bits per heavy atom. The van der Waals surface area contributed by atoms with Crippen LogP contribution in [0.2, 0.25) is 0 Å². The highest BCUT2D eigenvalue weighted by Crippen LogP contribution is 2.28. The van der Waals surface area contributed by atoms with Gasteiger partial charge >= 0.3 is 0 Å². The Kier molecular flexibility index (Phi) is 5.61. The highest BCUT2D eigenvalue weighted by molar-refractivity contribution is 7.90. The van der Waals surface area contributed by atoms with E-state index in [-0.39, 0.29) is 22.9 Å². The molecule has 1 aromatic heterocycles. The van der Waals surface area contributed by atoms with E-state index in [1.165, 1.54) is 24.4 Å². The normalized spacial score (nSPS) is 11.5. The zero-order chi connectivity index (χ0) is 22.0. The first-order valence-corrected chi connectivity index (χ1v) is 11.4. The van der Waals surface area contributed by atoms with E-state index in [1.807, 2.05) is 31.2 Å². The van der Waals surface area contributed by atoms with Crippen molar-refractivity contribution in [1.82, 2.24) is 4.57 Å². The molecule has 3 aromatic carbocycles. The topological polar surface area (TPSA) is 68.2 Å². The molecule has 31 heavy (non-hydrogen) atoms. The minimum Gasteiger partial charge on any atom is -0.337 e. The van der Waals surface area contributed by atoms with Gasteiger partial charge in [0, 0.05) is 28.4 Å². The molecule has 0 spiro atoms. The van der Waals surface area contributed by atoms with Crippen molar-refractivity contribution < 1.29 is 17.6 Å². The number of nitrogens with zero attached hydrogens (tertiary/aromatic N) is 1. The summed E-state index contributed by atoms with van der Waals surface area (Å²) in [5.74, 6) is -1.29. The number of anilines is 1. The van der Waals surface area contributed by atoms with Gasteiger partial charge in [0.2, 0.25) is 5.91 Å². The molecule has 5 nitrogen and oxygen atoms in total. The van der Waals surface area contributed by atoms with E-state index in [0.717, 1.165) is 5.56 Å². The number of amides is 1. The van der Waals surface area contributed by atoms with Crippen molar-refractivity contribution in [2.24, 2.45) is 0 Å². The van der Waals surface area contributed by atoms with Crippen molar-refractivity contribution in [2.45, 2.75) is 24.1 Å². The zero-order valence-corrected chi connectivity index (χ0v) is 17.7. The van der Waals surface area contributed by atoms with Crippen LogP contribution in [-0.2, 0) is 26.9 Å². The highest BCUT2D eigenvalue weighted by atomic mass is 32.2. The minimum absolute atomic E-state index is 0.0520. The van der Waals surface area contributed by atoms with Gasteiger partial charge in [0.15, 0.2) is 9.84 Å². The maximum absolute atomic E-state index is 14.0. The summed E-state index contributed by atoms with van der Waals surface area (Å²) in [6.45, 7) is 1.91.